The molecule has 20 heteroatoms. The molecule has 0 aromatic heterocycles. The van der Waals surface area contributed by atoms with Crippen LogP contribution in [0.2, 0.25) is 0 Å². The standard InChI is InChI=1S/C54H99N9O11/c1-33(2)23-35(45(64)55(5)6)24-36(46(65)56(7)8)25-37(47(66)57(9)10)26-38(48(67)58(11)12)27-39(49(68)59(13)14)28-40(50(69)60(15)16)29-41(51(70)61(17)18)30-42(52(71)62(19)20)31-43(53(72)63(21)22)32-44(34(3)4)54(73)74/h33-44H,23-32H2,1-22H3,(H,73,74). The first kappa shape index (κ1) is 68.7. The molecule has 0 radical (unpaired) electrons. The van der Waals surface area contributed by atoms with E-state index in [2.05, 4.69) is 0 Å². The summed E-state index contributed by atoms with van der Waals surface area (Å²) in [6.07, 6.45) is 0.0842. The first-order chi connectivity index (χ1) is 33.9. The molecule has 0 saturated heterocycles. The van der Waals surface area contributed by atoms with E-state index < -0.39 is 82.9 Å². The van der Waals surface area contributed by atoms with Gasteiger partial charge in [-0.05, 0) is 76.0 Å². The summed E-state index contributed by atoms with van der Waals surface area (Å²) in [5.74, 6) is -13.2. The second kappa shape index (κ2) is 31.6. The van der Waals surface area contributed by atoms with Crippen LogP contribution in [0.1, 0.15) is 91.9 Å². The van der Waals surface area contributed by atoms with E-state index in [1.54, 1.807) is 141 Å². The van der Waals surface area contributed by atoms with Gasteiger partial charge in [0.25, 0.3) is 0 Å². The molecule has 0 aliphatic carbocycles. The molecule has 0 aliphatic rings. The van der Waals surface area contributed by atoms with Crippen LogP contribution in [-0.4, -0.2) is 235 Å². The highest BCUT2D eigenvalue weighted by atomic mass is 16.4. The fourth-order valence-corrected chi connectivity index (χ4v) is 10.2. The molecule has 10 atom stereocenters. The number of carbonyl (C=O) groups is 10. The van der Waals surface area contributed by atoms with Crippen LogP contribution in [-0.2, 0) is 47.9 Å². The average molecular weight is 1050 g/mol. The van der Waals surface area contributed by atoms with Crippen molar-refractivity contribution < 1.29 is 53.1 Å². The van der Waals surface area contributed by atoms with E-state index in [0.717, 1.165) is 0 Å². The summed E-state index contributed by atoms with van der Waals surface area (Å²) >= 11 is 0. The van der Waals surface area contributed by atoms with Crippen molar-refractivity contribution >= 4 is 59.1 Å². The minimum absolute atomic E-state index is 0.0190. The number of carboxylic acids is 1. The van der Waals surface area contributed by atoms with Crippen molar-refractivity contribution in [3.8, 4) is 0 Å². The molecule has 0 fully saturated rings. The minimum atomic E-state index is -1.07. The first-order valence-corrected chi connectivity index (χ1v) is 26.0. The summed E-state index contributed by atoms with van der Waals surface area (Å²) in [7, 11) is 28.5. The van der Waals surface area contributed by atoms with Gasteiger partial charge in [-0.15, -0.1) is 0 Å². The molecule has 0 spiro atoms. The fourth-order valence-electron chi connectivity index (χ4n) is 10.2. The summed E-state index contributed by atoms with van der Waals surface area (Å²) in [5.41, 5.74) is 0. The molecule has 74 heavy (non-hydrogen) atoms. The summed E-state index contributed by atoms with van der Waals surface area (Å²) in [6.45, 7) is 7.51. The molecule has 20 nitrogen and oxygen atoms in total. The number of hydrogen-bond donors (Lipinski definition) is 1. The monoisotopic (exact) mass is 1050 g/mol. The van der Waals surface area contributed by atoms with Crippen molar-refractivity contribution in [3.05, 3.63) is 0 Å². The van der Waals surface area contributed by atoms with Crippen molar-refractivity contribution in [3.63, 3.8) is 0 Å². The van der Waals surface area contributed by atoms with E-state index in [4.69, 9.17) is 0 Å². The second-order valence-electron chi connectivity index (χ2n) is 23.3. The van der Waals surface area contributed by atoms with Crippen LogP contribution in [0.4, 0.5) is 0 Å². The van der Waals surface area contributed by atoms with Crippen LogP contribution in [0.3, 0.4) is 0 Å². The maximum absolute atomic E-state index is 14.5. The summed E-state index contributed by atoms with van der Waals surface area (Å²) in [4.78, 5) is 153. The molecule has 0 aromatic rings. The molecule has 9 amide bonds. The van der Waals surface area contributed by atoms with Gasteiger partial charge in [-0.25, -0.2) is 0 Å². The molecular formula is C54H99N9O11. The highest BCUT2D eigenvalue weighted by Crippen LogP contribution is 2.37. The van der Waals surface area contributed by atoms with Gasteiger partial charge in [0, 0.05) is 180 Å². The van der Waals surface area contributed by atoms with E-state index in [9.17, 15) is 53.1 Å². The molecule has 0 rings (SSSR count). The zero-order valence-corrected chi connectivity index (χ0v) is 49.6. The molecule has 10 unspecified atom stereocenters. The predicted molar refractivity (Wildman–Crippen MR) is 287 cm³/mol. The Hall–Kier alpha value is -5.30. The zero-order chi connectivity index (χ0) is 58.0. The number of hydrogen-bond acceptors (Lipinski definition) is 10. The molecule has 0 bridgehead atoms. The Bertz CT molecular complexity index is 1900. The first-order valence-electron chi connectivity index (χ1n) is 26.0. The molecule has 0 saturated carbocycles. The molecule has 0 aliphatic heterocycles. The lowest BCUT2D eigenvalue weighted by Crippen LogP contribution is -2.43. The van der Waals surface area contributed by atoms with Crippen molar-refractivity contribution in [2.24, 2.45) is 71.0 Å². The number of nitrogens with zero attached hydrogens (tertiary/aromatic N) is 9. The number of rotatable bonds is 31. The van der Waals surface area contributed by atoms with Gasteiger partial charge in [-0.3, -0.25) is 47.9 Å². The van der Waals surface area contributed by atoms with E-state index >= 15 is 0 Å². The summed E-state index contributed by atoms with van der Waals surface area (Å²) < 4.78 is 0. The van der Waals surface area contributed by atoms with Crippen molar-refractivity contribution in [1.29, 1.82) is 0 Å². The lowest BCUT2D eigenvalue weighted by molar-refractivity contribution is -0.146. The van der Waals surface area contributed by atoms with Gasteiger partial charge in [0.05, 0.1) is 5.92 Å². The summed E-state index contributed by atoms with van der Waals surface area (Å²) in [5, 5.41) is 10.1. The Labute approximate surface area is 444 Å². The third-order valence-corrected chi connectivity index (χ3v) is 14.1. The number of carboxylic acid groups (broad SMARTS) is 1. The van der Waals surface area contributed by atoms with Gasteiger partial charge in [-0.1, -0.05) is 27.7 Å². The molecule has 0 aromatic carbocycles. The predicted octanol–water partition coefficient (Wildman–Crippen LogP) is 3.24. The maximum Gasteiger partial charge on any atom is 0.306 e. The van der Waals surface area contributed by atoms with Gasteiger partial charge in [0.2, 0.25) is 53.2 Å². The highest BCUT2D eigenvalue weighted by Gasteiger charge is 2.42. The third-order valence-electron chi connectivity index (χ3n) is 14.1. The number of aliphatic carboxylic acids is 1. The molecule has 1 N–H and O–H groups in total. The van der Waals surface area contributed by atoms with Crippen molar-refractivity contribution in [1.82, 2.24) is 44.1 Å². The fraction of sp³-hybridized carbons (Fsp3) is 0.815. The maximum atomic E-state index is 14.5. The van der Waals surface area contributed by atoms with E-state index in [0.29, 0.717) is 6.42 Å². The number of amides is 9. The van der Waals surface area contributed by atoms with Crippen molar-refractivity contribution in [2.75, 3.05) is 127 Å². The van der Waals surface area contributed by atoms with Crippen LogP contribution in [0.15, 0.2) is 0 Å². The van der Waals surface area contributed by atoms with Crippen LogP contribution < -0.4 is 0 Å². The average Bonchev–Trinajstić information content (AvgIpc) is 3.29. The third kappa shape index (κ3) is 21.9. The van der Waals surface area contributed by atoms with Crippen LogP contribution in [0.5, 0.6) is 0 Å². The van der Waals surface area contributed by atoms with Crippen LogP contribution in [0.25, 0.3) is 0 Å². The van der Waals surface area contributed by atoms with E-state index in [1.165, 1.54) is 44.1 Å². The SMILES string of the molecule is CC(C)CC(CC(CC(CC(CC(CC(CC(CC(CC(CC(C(=O)O)C(C)C)C(=O)N(C)C)C(=O)N(C)C)C(=O)N(C)C)C(=O)N(C)C)C(=O)N(C)C)C(=O)N(C)C)C(=O)N(C)C)C(=O)N(C)C)C(=O)N(C)C. The van der Waals surface area contributed by atoms with Crippen LogP contribution in [0, 0.1) is 71.0 Å². The van der Waals surface area contributed by atoms with Gasteiger partial charge in [0.1, 0.15) is 0 Å². The van der Waals surface area contributed by atoms with Crippen LogP contribution >= 0.6 is 0 Å². The Morgan fingerprint density at radius 2 is 0.392 bits per heavy atom. The normalized spacial score (nSPS) is 15.5. The number of carbonyl (C=O) groups excluding carboxylic acids is 9. The largest absolute Gasteiger partial charge is 0.481 e. The van der Waals surface area contributed by atoms with Gasteiger partial charge in [-0.2, -0.15) is 0 Å². The Balaban J connectivity index is 7.90. The Kier molecular flexibility index (Phi) is 29.3. The smallest absolute Gasteiger partial charge is 0.306 e. The zero-order valence-electron chi connectivity index (χ0n) is 49.6. The summed E-state index contributed by atoms with van der Waals surface area (Å²) in [6, 6.07) is 0. The topological polar surface area (TPSA) is 220 Å². The lowest BCUT2D eigenvalue weighted by Gasteiger charge is -2.34. The quantitative estimate of drug-likeness (QED) is 0.106. The molecule has 0 heterocycles. The second-order valence-corrected chi connectivity index (χ2v) is 23.3. The Morgan fingerprint density at radius 3 is 0.500 bits per heavy atom. The Morgan fingerprint density at radius 1 is 0.257 bits per heavy atom. The van der Waals surface area contributed by atoms with E-state index in [1.807, 2.05) is 13.8 Å². The van der Waals surface area contributed by atoms with Crippen molar-refractivity contribution in [2.45, 2.75) is 91.9 Å². The van der Waals surface area contributed by atoms with Gasteiger partial charge < -0.3 is 49.2 Å². The van der Waals surface area contributed by atoms with E-state index in [-0.39, 0.29) is 105 Å². The highest BCUT2D eigenvalue weighted by molar-refractivity contribution is 5.87. The molecular weight excluding hydrogens is 951 g/mol. The minimum Gasteiger partial charge on any atom is -0.481 e. The lowest BCUT2D eigenvalue weighted by atomic mass is 9.75. The van der Waals surface area contributed by atoms with Gasteiger partial charge in [0.15, 0.2) is 0 Å². The molecule has 426 valence electrons. The van der Waals surface area contributed by atoms with Gasteiger partial charge >= 0.3 is 5.97 Å².